The van der Waals surface area contributed by atoms with Crippen molar-refractivity contribution in [1.82, 2.24) is 0 Å². The third-order valence-electron chi connectivity index (χ3n) is 4.71. The zero-order valence-corrected chi connectivity index (χ0v) is 21.1. The second-order valence-corrected chi connectivity index (χ2v) is 12.3. The van der Waals surface area contributed by atoms with Crippen LogP contribution in [0.1, 0.15) is 37.9 Å². The van der Waals surface area contributed by atoms with Gasteiger partial charge in [0, 0.05) is 0 Å². The number of quaternary nitrogens is 1. The quantitative estimate of drug-likeness (QED) is 0.292. The molecule has 0 aliphatic carbocycles. The van der Waals surface area contributed by atoms with Crippen LogP contribution in [-0.2, 0) is 9.59 Å². The number of ether oxygens (including phenoxy) is 1. The van der Waals surface area contributed by atoms with Crippen LogP contribution in [0.4, 0.5) is 0 Å². The van der Waals surface area contributed by atoms with E-state index in [2.05, 4.69) is 0 Å². The number of benzene rings is 1. The first-order chi connectivity index (χ1) is 12.1. The SMILES string of the molecule is Cc1ccc(OC(C)(C)C)cc1C1C[N+]1(C(=O)CN)[C@@H](C[S][Tl])C(N)=O. The predicted molar refractivity (Wildman–Crippen MR) is 105 cm³/mol. The van der Waals surface area contributed by atoms with Crippen molar-refractivity contribution < 1.29 is 18.8 Å². The summed E-state index contributed by atoms with van der Waals surface area (Å²) in [4.78, 5) is 24.8. The molecule has 0 aromatic heterocycles. The summed E-state index contributed by atoms with van der Waals surface area (Å²) in [6.07, 6.45) is 0. The second kappa shape index (κ2) is 8.16. The summed E-state index contributed by atoms with van der Waals surface area (Å²) in [6.45, 7) is 8.47. The van der Waals surface area contributed by atoms with Crippen molar-refractivity contribution in [2.24, 2.45) is 11.5 Å². The monoisotopic (exact) mass is 570 g/mol. The van der Waals surface area contributed by atoms with Gasteiger partial charge in [-0.25, -0.2) is 0 Å². The van der Waals surface area contributed by atoms with E-state index in [1.807, 2.05) is 45.9 Å². The van der Waals surface area contributed by atoms with Crippen LogP contribution in [0.15, 0.2) is 18.2 Å². The molecule has 140 valence electrons. The van der Waals surface area contributed by atoms with Crippen LogP contribution in [0.25, 0.3) is 0 Å². The Hall–Kier alpha value is -0.648. The molecule has 1 aromatic rings. The van der Waals surface area contributed by atoms with Gasteiger partial charge in [0.05, 0.1) is 0 Å². The van der Waals surface area contributed by atoms with Crippen molar-refractivity contribution in [1.29, 1.82) is 0 Å². The molecule has 1 heterocycles. The van der Waals surface area contributed by atoms with Crippen LogP contribution in [0.3, 0.4) is 0 Å². The van der Waals surface area contributed by atoms with Crippen LogP contribution < -0.4 is 16.2 Å². The van der Waals surface area contributed by atoms with E-state index in [0.717, 1.165) is 16.9 Å². The van der Waals surface area contributed by atoms with Gasteiger partial charge in [0.25, 0.3) is 0 Å². The van der Waals surface area contributed by atoms with E-state index in [0.29, 0.717) is 36.6 Å². The molecule has 2 unspecified atom stereocenters. The Morgan fingerprint density at radius 3 is 2.58 bits per heavy atom. The number of aryl methyl sites for hydroxylation is 1. The fraction of sp³-hybridized carbons (Fsp3) is 0.556. The van der Waals surface area contributed by atoms with E-state index in [1.165, 1.54) is 0 Å². The summed E-state index contributed by atoms with van der Waals surface area (Å²) in [5.41, 5.74) is 13.1. The van der Waals surface area contributed by atoms with Crippen molar-refractivity contribution in [2.45, 2.75) is 45.4 Å². The van der Waals surface area contributed by atoms with Crippen molar-refractivity contribution in [3.63, 3.8) is 0 Å². The molecule has 1 fully saturated rings. The molecule has 1 aliphatic rings. The minimum absolute atomic E-state index is 0.0470. The number of amides is 2. The van der Waals surface area contributed by atoms with Gasteiger partial charge in [-0.15, -0.1) is 0 Å². The van der Waals surface area contributed by atoms with E-state index in [1.54, 1.807) is 8.31 Å². The Bertz CT molecular complexity index is 707. The minimum atomic E-state index is -0.530. The van der Waals surface area contributed by atoms with Gasteiger partial charge in [-0.1, -0.05) is 0 Å². The van der Waals surface area contributed by atoms with Gasteiger partial charge < -0.3 is 0 Å². The second-order valence-electron chi connectivity index (χ2n) is 7.71. The number of rotatable bonds is 7. The summed E-state index contributed by atoms with van der Waals surface area (Å²) >= 11 is 0.679. The molecule has 6 nitrogen and oxygen atoms in total. The number of primary amides is 1. The average Bonchev–Trinajstić information content (AvgIpc) is 3.28. The van der Waals surface area contributed by atoms with Gasteiger partial charge in [0.2, 0.25) is 0 Å². The Labute approximate surface area is 173 Å². The van der Waals surface area contributed by atoms with Crippen molar-refractivity contribution in [3.05, 3.63) is 29.3 Å². The molecule has 1 aromatic carbocycles. The van der Waals surface area contributed by atoms with Gasteiger partial charge in [-0.2, -0.15) is 0 Å². The van der Waals surface area contributed by atoms with Crippen molar-refractivity contribution in [3.8, 4) is 5.75 Å². The molecule has 3 atom stereocenters. The normalized spacial score (nSPS) is 23.3. The summed E-state index contributed by atoms with van der Waals surface area (Å²) < 4.78 is 6.03. The standard InChI is InChI=1S/C18H27N3O3S.Tl/c1-11-5-6-12(24-18(2,3)4)7-13(11)14-9-21(14,16(22)8-19)15(10-25)17(20)23;/h5-7,14-15H,8-10,19H2,1-4H3,(H2-,20,23,25);/q;+1/t14?,15-,21?;/m0./s1. The summed E-state index contributed by atoms with van der Waals surface area (Å²) in [5, 5.41) is 0. The van der Waals surface area contributed by atoms with Crippen LogP contribution in [0.5, 0.6) is 5.75 Å². The Kier molecular flexibility index (Phi) is 6.79. The molecule has 4 N–H and O–H groups in total. The van der Waals surface area contributed by atoms with Gasteiger partial charge in [0.15, 0.2) is 0 Å². The zero-order chi connectivity index (χ0) is 19.7. The molecule has 1 saturated heterocycles. The van der Waals surface area contributed by atoms with Crippen LogP contribution in [0.2, 0.25) is 0 Å². The van der Waals surface area contributed by atoms with Gasteiger partial charge >= 0.3 is 174 Å². The van der Waals surface area contributed by atoms with Gasteiger partial charge in [-0.05, 0) is 0 Å². The molecule has 26 heavy (non-hydrogen) atoms. The van der Waals surface area contributed by atoms with E-state index >= 15 is 0 Å². The summed E-state index contributed by atoms with van der Waals surface area (Å²) in [7, 11) is 1.68. The van der Waals surface area contributed by atoms with Crippen LogP contribution >= 0.6 is 8.31 Å². The number of carbonyl (C=O) groups is 2. The zero-order valence-electron chi connectivity index (χ0n) is 15.8. The number of nitrogens with zero attached hydrogens (tertiary/aromatic N) is 1. The maximum atomic E-state index is 12.7. The molecule has 0 saturated carbocycles. The number of hydrogen-bond acceptors (Lipinski definition) is 5. The summed E-state index contributed by atoms with van der Waals surface area (Å²) in [5.74, 6) is 0.777. The van der Waals surface area contributed by atoms with Crippen molar-refractivity contribution >= 4 is 44.4 Å². The molecule has 8 heteroatoms. The molecule has 0 bridgehead atoms. The Morgan fingerprint density at radius 2 is 2.08 bits per heavy atom. The molecular weight excluding hydrogens is 543 g/mol. The first kappa shape index (κ1) is 21.6. The number of carbonyl (C=O) groups excluding carboxylic acids is 2. The van der Waals surface area contributed by atoms with E-state index in [-0.39, 0.29) is 28.6 Å². The maximum absolute atomic E-state index is 12.7. The summed E-state index contributed by atoms with van der Waals surface area (Å²) in [6, 6.07) is 5.30. The molecule has 0 spiro atoms. The van der Waals surface area contributed by atoms with Gasteiger partial charge in [0.1, 0.15) is 0 Å². The fourth-order valence-corrected chi connectivity index (χ4v) is 6.22. The van der Waals surface area contributed by atoms with E-state index in [9.17, 15) is 9.59 Å². The average molecular weight is 570 g/mol. The first-order valence-electron chi connectivity index (χ1n) is 8.58. The molecular formula is C18H27N3O3STl+. The molecule has 0 radical (unpaired) electrons. The Balaban J connectivity index is 2.43. The topological polar surface area (TPSA) is 95.4 Å². The van der Waals surface area contributed by atoms with Gasteiger partial charge in [-0.3, -0.25) is 0 Å². The molecule has 2 rings (SSSR count). The predicted octanol–water partition coefficient (Wildman–Crippen LogP) is 1.20. The third kappa shape index (κ3) is 4.42. The van der Waals surface area contributed by atoms with Crippen molar-refractivity contribution in [2.75, 3.05) is 18.8 Å². The number of hydrogen-bond donors (Lipinski definition) is 2. The third-order valence-corrected chi connectivity index (χ3v) is 7.46. The fourth-order valence-electron chi connectivity index (χ4n) is 3.48. The van der Waals surface area contributed by atoms with Crippen LogP contribution in [0, 0.1) is 6.92 Å². The first-order valence-corrected chi connectivity index (χ1v) is 15.1. The Morgan fingerprint density at radius 1 is 1.42 bits per heavy atom. The van der Waals surface area contributed by atoms with Crippen LogP contribution in [-0.4, -0.2) is 71.0 Å². The van der Waals surface area contributed by atoms with E-state index < -0.39 is 11.9 Å². The molecule has 2 amide bonds. The number of nitrogens with two attached hydrogens (primary N) is 2. The molecule has 1 aliphatic heterocycles. The van der Waals surface area contributed by atoms with E-state index in [4.69, 9.17) is 16.2 Å².